The van der Waals surface area contributed by atoms with Crippen LogP contribution in [0, 0.1) is 58.5 Å². The average Bonchev–Trinajstić information content (AvgIpc) is 1.80. The maximum Gasteiger partial charge on any atom is 0.416 e. The van der Waals surface area contributed by atoms with Gasteiger partial charge in [0.05, 0.1) is 107 Å². The third kappa shape index (κ3) is 28.1. The zero-order chi connectivity index (χ0) is 100. The van der Waals surface area contributed by atoms with Crippen LogP contribution in [0.15, 0.2) is 166 Å². The highest BCUT2D eigenvalue weighted by Gasteiger charge is 2.45. The van der Waals surface area contributed by atoms with Crippen molar-refractivity contribution in [3.8, 4) is 46.6 Å². The number of hydrogen-bond acceptors (Lipinski definition) is 37. The number of urea groups is 1. The summed E-state index contributed by atoms with van der Waals surface area (Å²) < 4.78 is 91.6. The number of ether oxygens (including phenoxy) is 8. The number of carbonyl (C=O) groups is 8. The largest absolute Gasteiger partial charge is 0.513 e. The van der Waals surface area contributed by atoms with Crippen molar-refractivity contribution in [3.05, 3.63) is 213 Å². The molecule has 6 amide bonds. The molecule has 0 bridgehead atoms. The van der Waals surface area contributed by atoms with Gasteiger partial charge >= 0.3 is 36.1 Å². The second-order valence-corrected chi connectivity index (χ2v) is 31.6. The molecular weight excluding hydrogens is 1850 g/mol. The maximum atomic E-state index is 12.5. The first kappa shape index (κ1) is 104. The molecule has 11 aromatic rings. The van der Waals surface area contributed by atoms with Gasteiger partial charge in [-0.15, -0.1) is 0 Å². The normalized spacial score (nSPS) is 16.5. The number of nitro groups is 1. The lowest BCUT2D eigenvalue weighted by Crippen LogP contribution is -2.38. The second-order valence-electron chi connectivity index (χ2n) is 30.6. The molecule has 1 saturated carbocycles. The number of nitrogens with zero attached hydrogens (tertiary/aromatic N) is 13. The number of alkyl halides is 3. The number of nitrogens with one attached hydrogen (secondary N) is 6. The van der Waals surface area contributed by atoms with E-state index in [1.807, 2.05) is 12.1 Å². The number of aryl methyl sites for hydroxylation is 2. The topological polar surface area (TPSA) is 654 Å². The van der Waals surface area contributed by atoms with Crippen LogP contribution >= 0.6 is 11.8 Å². The lowest BCUT2D eigenvalue weighted by atomic mass is 9.95. The highest BCUT2D eigenvalue weighted by molar-refractivity contribution is 7.99. The number of morpholine rings is 1. The van der Waals surface area contributed by atoms with E-state index < -0.39 is 95.4 Å². The lowest BCUT2D eigenvalue weighted by molar-refractivity contribution is -0.392. The molecule has 5 aliphatic rings. The number of imidazole rings is 3. The van der Waals surface area contributed by atoms with Crippen LogP contribution in [0.4, 0.5) is 51.3 Å². The molecule has 0 spiro atoms. The summed E-state index contributed by atoms with van der Waals surface area (Å²) in [6.07, 6.45) is 3.60. The monoisotopic (exact) mass is 1950 g/mol. The minimum Gasteiger partial charge on any atom is -0.513 e. The van der Waals surface area contributed by atoms with Crippen LogP contribution in [-0.2, 0) is 75.6 Å². The molecule has 4 fully saturated rings. The predicted molar refractivity (Wildman–Crippen MR) is 479 cm³/mol. The van der Waals surface area contributed by atoms with E-state index in [4.69, 9.17) is 68.2 Å². The number of halogens is 3. The first-order valence-corrected chi connectivity index (χ1v) is 43.0. The van der Waals surface area contributed by atoms with Crippen LogP contribution in [-0.4, -0.2) is 235 Å². The molecule has 139 heavy (non-hydrogen) atoms. The Hall–Kier alpha value is -16.0. The number of primary amides is 1. The van der Waals surface area contributed by atoms with Gasteiger partial charge < -0.3 is 129 Å². The summed E-state index contributed by atoms with van der Waals surface area (Å²) in [5.74, 6) is -3.76. The molecule has 1 aliphatic carbocycles. The number of H-pyrrole nitrogens is 1. The summed E-state index contributed by atoms with van der Waals surface area (Å²) in [6.45, 7) is 8.27. The molecule has 14 N–H and O–H groups in total. The summed E-state index contributed by atoms with van der Waals surface area (Å²) in [7, 11) is 4.70. The molecule has 3 saturated heterocycles. The number of aromatic hydroxyl groups is 2. The molecule has 10 heterocycles. The molecule has 16 rings (SSSR count). The number of benzene rings is 5. The zero-order valence-electron chi connectivity index (χ0n) is 74.6. The fourth-order valence-corrected chi connectivity index (χ4v) is 14.6. The van der Waals surface area contributed by atoms with Gasteiger partial charge in [0.1, 0.15) is 95.0 Å². The molecule has 4 aliphatic heterocycles. The van der Waals surface area contributed by atoms with Gasteiger partial charge in [0.2, 0.25) is 18.1 Å². The van der Waals surface area contributed by atoms with Gasteiger partial charge in [0.25, 0.3) is 11.8 Å². The molecule has 5 aromatic carbocycles. The van der Waals surface area contributed by atoms with E-state index in [-0.39, 0.29) is 96.0 Å². The molecule has 0 radical (unpaired) electrons. The number of allylic oxidation sites excluding steroid dienone is 2. The van der Waals surface area contributed by atoms with Crippen LogP contribution in [0.25, 0.3) is 22.5 Å². The minimum absolute atomic E-state index is 0.00712. The number of anilines is 4. The van der Waals surface area contributed by atoms with Crippen molar-refractivity contribution in [2.75, 3.05) is 94.8 Å². The van der Waals surface area contributed by atoms with Crippen molar-refractivity contribution >= 4 is 99.1 Å². The Morgan fingerprint density at radius 2 is 1.57 bits per heavy atom. The summed E-state index contributed by atoms with van der Waals surface area (Å²) in [6, 6.07) is 26.1. The number of phenols is 1. The number of aromatic nitrogens is 10. The Morgan fingerprint density at radius 1 is 0.849 bits per heavy atom. The Balaban J connectivity index is 0.000000163. The molecule has 50 heteroatoms. The van der Waals surface area contributed by atoms with Gasteiger partial charge in [-0.2, -0.15) is 23.7 Å². The number of Topliss-reactive ketones (excluding diaryl/α,β-unsaturated/α-hetero) is 1. The van der Waals surface area contributed by atoms with Crippen LogP contribution in [0.3, 0.4) is 0 Å². The van der Waals surface area contributed by atoms with Crippen LogP contribution in [0.5, 0.6) is 23.1 Å². The zero-order valence-corrected chi connectivity index (χ0v) is 75.4. The Bertz CT molecular complexity index is 6290. The molecule has 732 valence electrons. The van der Waals surface area contributed by atoms with E-state index in [1.165, 1.54) is 64.0 Å². The van der Waals surface area contributed by atoms with Gasteiger partial charge in [-0.25, -0.2) is 39.3 Å². The number of ketones is 1. The molecular formula is C89H93F3N20O26S. The van der Waals surface area contributed by atoms with Gasteiger partial charge in [-0.3, -0.25) is 33.4 Å². The summed E-state index contributed by atoms with van der Waals surface area (Å²) >= 11 is 1.15. The number of phenolic OH excluding ortho intramolecular Hbond substituents is 1. The predicted octanol–water partition coefficient (Wildman–Crippen LogP) is 9.34. The van der Waals surface area contributed by atoms with E-state index in [1.54, 1.807) is 98.4 Å². The number of aromatic amines is 1. The smallest absolute Gasteiger partial charge is 0.416 e. The number of aliphatic hydroxyl groups excluding tert-OH is 4. The fraction of sp³-hybridized carbons (Fsp3) is 0.337. The van der Waals surface area contributed by atoms with Crippen LogP contribution < -0.4 is 41.8 Å². The number of methoxy groups -OCH3 is 2. The lowest BCUT2D eigenvalue weighted by Gasteiger charge is -2.26. The maximum absolute atomic E-state index is 12.5. The van der Waals surface area contributed by atoms with Gasteiger partial charge in [0.15, 0.2) is 46.5 Å². The number of alkyl carbamates (subject to hydrolysis) is 1. The van der Waals surface area contributed by atoms with Crippen molar-refractivity contribution in [2.24, 2.45) is 24.6 Å². The number of nitriles is 2. The highest BCUT2D eigenvalue weighted by atomic mass is 32.2. The standard InChI is InChI=1S/C23H24N4O6.C22H29NO8.C14H11N3O2.C12H9F3N2O2.C9H7N7O2S.C9H13N3O6/c1-30-20-10-17(5-6-19(20)21-12-24-14-32-21)27-22(28)26-16-4-2-3-15(9-16)11-25-23(29)33-18-7-8-31-13-18;1-14-17-13-31-22(27)19(17)20(26)16(21(14)28-2)5-3-15(24)4-6-18(25)30-12-9-23-7-10-29-11-8-23;15-7-9-1-5-11(6-2-9)17-14(19)12(8-16)13(18)10-3-4-10;1-7-10(6-16-19-7)11(18)17-9-4-2-8(3-5-9)12(13,14)15;1-15-4-14-7(16(17)18)9(15)19-8-5-6(11-2-10-5)12-3-13-8;10-7(16)4-8(17)12(2-11-4)9-6(15)5(14)3(1-13)18-9/h2-6,9-10,12,14,18H,7-8,11,13H2,1H3,(H,25,29)(H2,26,27,28);3,24,26H,4-13H2,1-2H3;1-2,5-6,10,12H,3-4H2,(H,17,19);2-6H,1H3,(H,17,18);2-4H,1H3,(H,10,11,12,13);2-3,5-6,9,13-15,17H,1H2,(H2,10,16)/b;15-3+;;;;. The molecule has 6 aromatic heterocycles. The van der Waals surface area contributed by atoms with E-state index in [0.717, 1.165) is 71.8 Å². The van der Waals surface area contributed by atoms with E-state index in [9.17, 15) is 87.2 Å². The number of cyclic esters (lactones) is 1. The SMILES string of the molecule is COc1c(C)c2c(c(O)c1C/C=C(/O)CCC(=O)OCCN1CCOCC1)C(=O)OC2.COc1cc(NC(=O)Nc2cccc(CNC(=O)OC3CCOC3)c2)ccc1-c1cnco1.Cc1oncc1C(=O)Nc1ccc(C(F)(F)F)cc1.Cn1cnc([N+](=O)[O-])c1Sc1ncnc2nc[nH]c12.N#Cc1ccc(NC(=O)C(C#N)C(=O)C2CC2)cc1.NC(=O)c1ncn(C2OC(CO)C(O)C2O)c1O. The van der Waals surface area contributed by atoms with Crippen molar-refractivity contribution in [2.45, 2.75) is 112 Å². The first-order valence-electron chi connectivity index (χ1n) is 42.2. The van der Waals surface area contributed by atoms with Crippen molar-refractivity contribution in [1.29, 1.82) is 10.5 Å². The fourth-order valence-electron chi connectivity index (χ4n) is 13.7. The van der Waals surface area contributed by atoms with Crippen LogP contribution in [0.2, 0.25) is 0 Å². The van der Waals surface area contributed by atoms with E-state index >= 15 is 0 Å². The number of rotatable bonds is 28. The Kier molecular flexibility index (Phi) is 36.5. The summed E-state index contributed by atoms with van der Waals surface area (Å²) in [5, 5.41) is 105. The third-order valence-corrected chi connectivity index (χ3v) is 22.3. The number of nitrogens with two attached hydrogens (primary N) is 1. The van der Waals surface area contributed by atoms with Crippen LogP contribution in [0.1, 0.15) is 109 Å². The average molecular weight is 1950 g/mol. The molecule has 6 unspecified atom stereocenters. The van der Waals surface area contributed by atoms with Gasteiger partial charge in [0, 0.05) is 98.3 Å². The van der Waals surface area contributed by atoms with Gasteiger partial charge in [-0.1, -0.05) is 17.3 Å². The first-order chi connectivity index (χ1) is 66.7. The number of esters is 2. The number of amides is 6. The number of oxazole rings is 1. The Morgan fingerprint density at radius 3 is 2.19 bits per heavy atom. The number of fused-ring (bicyclic) bond motifs is 2. The van der Waals surface area contributed by atoms with Crippen molar-refractivity contribution in [1.82, 2.24) is 59.4 Å². The molecule has 46 nitrogen and oxygen atoms in total. The van der Waals surface area contributed by atoms with E-state index in [0.29, 0.717) is 130 Å². The van der Waals surface area contributed by atoms with Crippen molar-refractivity contribution < 1.29 is 134 Å². The number of aliphatic hydroxyl groups is 4. The number of hydrogen-bond donors (Lipinski definition) is 13. The summed E-state index contributed by atoms with van der Waals surface area (Å²) in [4.78, 5) is 133. The highest BCUT2D eigenvalue weighted by Crippen LogP contribution is 2.43. The quantitative estimate of drug-likeness (QED) is 0.00413. The van der Waals surface area contributed by atoms with Gasteiger partial charge in [-0.05, 0) is 138 Å². The third-order valence-electron chi connectivity index (χ3n) is 21.1. The number of carbonyl (C=O) groups excluding carboxylic acids is 8. The second kappa shape index (κ2) is 49.0. The Labute approximate surface area is 790 Å². The van der Waals surface area contributed by atoms with Crippen molar-refractivity contribution in [3.63, 3.8) is 0 Å². The minimum atomic E-state index is -4.40. The van der Waals surface area contributed by atoms with E-state index in [2.05, 4.69) is 71.5 Å². The molecule has 6 atom stereocenters. The summed E-state index contributed by atoms with van der Waals surface area (Å²) in [5.41, 5.74) is 10.9.